The van der Waals surface area contributed by atoms with Crippen LogP contribution < -0.4 is 4.74 Å². The molecule has 1 heterocycles. The Labute approximate surface area is 90.5 Å². The second-order valence-corrected chi connectivity index (χ2v) is 3.55. The van der Waals surface area contributed by atoms with Crippen LogP contribution in [-0.4, -0.2) is 16.7 Å². The SMILES string of the molecule is COc1ncc(Br)n1-c1ccccc1. The van der Waals surface area contributed by atoms with E-state index >= 15 is 0 Å². The van der Waals surface area contributed by atoms with Crippen molar-refractivity contribution in [3.63, 3.8) is 0 Å². The van der Waals surface area contributed by atoms with Gasteiger partial charge in [-0.05, 0) is 28.1 Å². The number of ether oxygens (including phenoxy) is 1. The molecule has 0 amide bonds. The highest BCUT2D eigenvalue weighted by Gasteiger charge is 2.08. The molecule has 3 nitrogen and oxygen atoms in total. The Kier molecular flexibility index (Phi) is 2.54. The van der Waals surface area contributed by atoms with Crippen LogP contribution in [0.4, 0.5) is 0 Å². The highest BCUT2D eigenvalue weighted by molar-refractivity contribution is 9.10. The van der Waals surface area contributed by atoms with E-state index in [0.717, 1.165) is 10.3 Å². The van der Waals surface area contributed by atoms with E-state index in [4.69, 9.17) is 4.74 Å². The summed E-state index contributed by atoms with van der Waals surface area (Å²) < 4.78 is 7.91. The first-order valence-electron chi connectivity index (χ1n) is 4.15. The standard InChI is InChI=1S/C10H9BrN2O/c1-14-10-12-7-9(11)13(10)8-5-3-2-4-6-8/h2-7H,1H3. The molecule has 0 radical (unpaired) electrons. The molecule has 0 N–H and O–H groups in total. The molecule has 1 aromatic heterocycles. The van der Waals surface area contributed by atoms with Gasteiger partial charge in [-0.25, -0.2) is 4.98 Å². The van der Waals surface area contributed by atoms with Gasteiger partial charge in [0.05, 0.1) is 19.0 Å². The normalized spacial score (nSPS) is 10.1. The average molecular weight is 253 g/mol. The number of para-hydroxylation sites is 1. The van der Waals surface area contributed by atoms with E-state index in [9.17, 15) is 0 Å². The van der Waals surface area contributed by atoms with Crippen molar-refractivity contribution in [1.82, 2.24) is 9.55 Å². The van der Waals surface area contributed by atoms with Crippen molar-refractivity contribution in [3.8, 4) is 11.7 Å². The van der Waals surface area contributed by atoms with Gasteiger partial charge in [0, 0.05) is 0 Å². The van der Waals surface area contributed by atoms with Gasteiger partial charge < -0.3 is 4.74 Å². The Morgan fingerprint density at radius 3 is 2.64 bits per heavy atom. The second kappa shape index (κ2) is 3.84. The number of aromatic nitrogens is 2. The molecule has 0 spiro atoms. The van der Waals surface area contributed by atoms with Gasteiger partial charge in [0.2, 0.25) is 0 Å². The minimum atomic E-state index is 0.572. The molecular weight excluding hydrogens is 244 g/mol. The van der Waals surface area contributed by atoms with Crippen molar-refractivity contribution < 1.29 is 4.74 Å². The van der Waals surface area contributed by atoms with Gasteiger partial charge in [0.25, 0.3) is 0 Å². The molecule has 0 atom stereocenters. The summed E-state index contributed by atoms with van der Waals surface area (Å²) >= 11 is 3.42. The van der Waals surface area contributed by atoms with Crippen molar-refractivity contribution in [2.75, 3.05) is 7.11 Å². The van der Waals surface area contributed by atoms with Crippen LogP contribution in [0.25, 0.3) is 5.69 Å². The summed E-state index contributed by atoms with van der Waals surface area (Å²) in [4.78, 5) is 4.10. The largest absolute Gasteiger partial charge is 0.468 e. The van der Waals surface area contributed by atoms with Gasteiger partial charge in [-0.3, -0.25) is 4.57 Å². The number of benzene rings is 1. The molecular formula is C10H9BrN2O. The molecule has 1 aromatic carbocycles. The maximum absolute atomic E-state index is 5.14. The predicted octanol–water partition coefficient (Wildman–Crippen LogP) is 2.64. The zero-order valence-electron chi connectivity index (χ0n) is 7.64. The lowest BCUT2D eigenvalue weighted by atomic mass is 10.3. The van der Waals surface area contributed by atoms with Crippen LogP contribution in [-0.2, 0) is 0 Å². The van der Waals surface area contributed by atoms with Gasteiger partial charge in [0.1, 0.15) is 4.60 Å². The van der Waals surface area contributed by atoms with Crippen molar-refractivity contribution in [2.24, 2.45) is 0 Å². The van der Waals surface area contributed by atoms with Crippen molar-refractivity contribution in [3.05, 3.63) is 41.1 Å². The van der Waals surface area contributed by atoms with E-state index < -0.39 is 0 Å². The Balaban J connectivity index is 2.55. The zero-order valence-corrected chi connectivity index (χ0v) is 9.23. The van der Waals surface area contributed by atoms with E-state index in [2.05, 4.69) is 20.9 Å². The van der Waals surface area contributed by atoms with Crippen LogP contribution in [0.3, 0.4) is 0 Å². The monoisotopic (exact) mass is 252 g/mol. The molecule has 0 aliphatic rings. The van der Waals surface area contributed by atoms with Crippen LogP contribution in [0.1, 0.15) is 0 Å². The van der Waals surface area contributed by atoms with Gasteiger partial charge in [-0.2, -0.15) is 0 Å². The number of rotatable bonds is 2. The quantitative estimate of drug-likeness (QED) is 0.822. The van der Waals surface area contributed by atoms with E-state index in [1.54, 1.807) is 13.3 Å². The molecule has 4 heteroatoms. The summed E-state index contributed by atoms with van der Waals surface area (Å²) in [6.07, 6.45) is 1.71. The third-order valence-electron chi connectivity index (χ3n) is 1.88. The van der Waals surface area contributed by atoms with Gasteiger partial charge in [-0.1, -0.05) is 18.2 Å². The highest BCUT2D eigenvalue weighted by atomic mass is 79.9. The number of nitrogens with zero attached hydrogens (tertiary/aromatic N) is 2. The number of hydrogen-bond donors (Lipinski definition) is 0. The molecule has 0 bridgehead atoms. The third-order valence-corrected chi connectivity index (χ3v) is 2.44. The lowest BCUT2D eigenvalue weighted by Crippen LogP contribution is -1.98. The molecule has 0 unspecified atom stereocenters. The number of halogens is 1. The lowest BCUT2D eigenvalue weighted by Gasteiger charge is -2.06. The van der Waals surface area contributed by atoms with Crippen LogP contribution >= 0.6 is 15.9 Å². The van der Waals surface area contributed by atoms with Gasteiger partial charge in [-0.15, -0.1) is 0 Å². The summed E-state index contributed by atoms with van der Waals surface area (Å²) in [5, 5.41) is 0. The van der Waals surface area contributed by atoms with Crippen LogP contribution in [0, 0.1) is 0 Å². The number of hydrogen-bond acceptors (Lipinski definition) is 2. The van der Waals surface area contributed by atoms with Crippen molar-refractivity contribution in [2.45, 2.75) is 0 Å². The smallest absolute Gasteiger partial charge is 0.301 e. The first kappa shape index (κ1) is 9.27. The maximum Gasteiger partial charge on any atom is 0.301 e. The topological polar surface area (TPSA) is 27.1 Å². The molecule has 72 valence electrons. The van der Waals surface area contributed by atoms with Crippen LogP contribution in [0.2, 0.25) is 0 Å². The molecule has 14 heavy (non-hydrogen) atoms. The van der Waals surface area contributed by atoms with E-state index in [1.807, 2.05) is 34.9 Å². The molecule has 0 aliphatic carbocycles. The Morgan fingerprint density at radius 2 is 2.00 bits per heavy atom. The Bertz CT molecular complexity index is 425. The number of imidazole rings is 1. The summed E-state index contributed by atoms with van der Waals surface area (Å²) in [5.74, 6) is 0. The average Bonchev–Trinajstić information content (AvgIpc) is 2.61. The molecule has 0 saturated heterocycles. The summed E-state index contributed by atoms with van der Waals surface area (Å²) in [7, 11) is 1.61. The minimum absolute atomic E-state index is 0.572. The Hall–Kier alpha value is -1.29. The molecule has 2 rings (SSSR count). The van der Waals surface area contributed by atoms with Crippen LogP contribution in [0.5, 0.6) is 6.01 Å². The van der Waals surface area contributed by atoms with Gasteiger partial charge in [0.15, 0.2) is 0 Å². The van der Waals surface area contributed by atoms with Crippen LogP contribution in [0.15, 0.2) is 41.1 Å². The van der Waals surface area contributed by atoms with Crippen molar-refractivity contribution >= 4 is 15.9 Å². The number of methoxy groups -OCH3 is 1. The molecule has 2 aromatic rings. The molecule has 0 aliphatic heterocycles. The predicted molar refractivity (Wildman–Crippen MR) is 57.8 cm³/mol. The highest BCUT2D eigenvalue weighted by Crippen LogP contribution is 2.23. The second-order valence-electron chi connectivity index (χ2n) is 2.74. The first-order valence-corrected chi connectivity index (χ1v) is 4.95. The zero-order chi connectivity index (χ0) is 9.97. The van der Waals surface area contributed by atoms with Crippen molar-refractivity contribution in [1.29, 1.82) is 0 Å². The van der Waals surface area contributed by atoms with E-state index in [1.165, 1.54) is 0 Å². The maximum atomic E-state index is 5.14. The third kappa shape index (κ3) is 1.53. The van der Waals surface area contributed by atoms with Gasteiger partial charge >= 0.3 is 6.01 Å². The fourth-order valence-electron chi connectivity index (χ4n) is 1.27. The minimum Gasteiger partial charge on any atom is -0.468 e. The molecule has 0 saturated carbocycles. The first-order chi connectivity index (χ1) is 6.83. The molecule has 0 fully saturated rings. The Morgan fingerprint density at radius 1 is 1.29 bits per heavy atom. The summed E-state index contributed by atoms with van der Waals surface area (Å²) in [6.45, 7) is 0. The summed E-state index contributed by atoms with van der Waals surface area (Å²) in [6, 6.07) is 10.5. The van der Waals surface area contributed by atoms with E-state index in [0.29, 0.717) is 6.01 Å². The fraction of sp³-hybridized carbons (Fsp3) is 0.100. The fourth-order valence-corrected chi connectivity index (χ4v) is 1.73. The lowest BCUT2D eigenvalue weighted by molar-refractivity contribution is 0.373. The summed E-state index contributed by atoms with van der Waals surface area (Å²) in [5.41, 5.74) is 1.02. The van der Waals surface area contributed by atoms with E-state index in [-0.39, 0.29) is 0 Å².